The molecule has 0 aromatic carbocycles. The Labute approximate surface area is 105 Å². The summed E-state index contributed by atoms with van der Waals surface area (Å²) in [5.41, 5.74) is 0.210. The molecule has 0 aromatic heterocycles. The van der Waals surface area contributed by atoms with Crippen LogP contribution >= 0.6 is 0 Å². The summed E-state index contributed by atoms with van der Waals surface area (Å²) in [5.74, 6) is -0.622. The number of carboxylic acid groups (broad SMARTS) is 1. The van der Waals surface area contributed by atoms with Crippen LogP contribution in [0.3, 0.4) is 0 Å². The van der Waals surface area contributed by atoms with E-state index in [2.05, 4.69) is 9.62 Å². The molecular formula is C11H18O7. The number of unbranched alkanes of at least 4 members (excludes halogenated alkanes) is 1. The van der Waals surface area contributed by atoms with Gasteiger partial charge in [-0.05, 0) is 13.3 Å². The quantitative estimate of drug-likeness (QED) is 0.169. The summed E-state index contributed by atoms with van der Waals surface area (Å²) in [5, 5.41) is 8.16. The van der Waals surface area contributed by atoms with Crippen LogP contribution < -0.4 is 0 Å². The zero-order valence-corrected chi connectivity index (χ0v) is 10.5. The topological polar surface area (TPSA) is 91.3 Å². The first kappa shape index (κ1) is 16.2. The Hall–Kier alpha value is -1.76. The fraction of sp³-hybridized carbons (Fsp3) is 0.636. The summed E-state index contributed by atoms with van der Waals surface area (Å²) in [6.45, 7) is 3.60. The van der Waals surface area contributed by atoms with Crippen LogP contribution in [-0.2, 0) is 24.0 Å². The molecule has 0 spiro atoms. The van der Waals surface area contributed by atoms with Crippen LogP contribution in [-0.4, -0.2) is 37.1 Å². The highest BCUT2D eigenvalue weighted by atomic mass is 17.2. The van der Waals surface area contributed by atoms with Gasteiger partial charge in [0.25, 0.3) is 0 Å². The van der Waals surface area contributed by atoms with E-state index in [1.165, 1.54) is 6.92 Å². The van der Waals surface area contributed by atoms with Gasteiger partial charge in [-0.25, -0.2) is 9.59 Å². The molecule has 104 valence electrons. The minimum Gasteiger partial charge on any atom is -0.459 e. The highest BCUT2D eigenvalue weighted by Crippen LogP contribution is 1.98. The minimum absolute atomic E-state index is 0.146. The van der Waals surface area contributed by atoms with Gasteiger partial charge >= 0.3 is 12.1 Å². The lowest BCUT2D eigenvalue weighted by Gasteiger charge is -2.04. The molecule has 1 N–H and O–H groups in total. The zero-order valence-electron chi connectivity index (χ0n) is 10.5. The maximum Gasteiger partial charge on any atom is 0.505 e. The van der Waals surface area contributed by atoms with Crippen molar-refractivity contribution in [2.75, 3.05) is 19.8 Å². The van der Waals surface area contributed by atoms with Gasteiger partial charge in [-0.1, -0.05) is 13.3 Å². The Morgan fingerprint density at radius 1 is 1.17 bits per heavy atom. The Bertz CT molecular complexity index is 285. The van der Waals surface area contributed by atoms with Gasteiger partial charge in [0, 0.05) is 0 Å². The van der Waals surface area contributed by atoms with Crippen LogP contribution in [0.15, 0.2) is 11.8 Å². The van der Waals surface area contributed by atoms with Crippen molar-refractivity contribution in [3.8, 4) is 0 Å². The second-order valence-electron chi connectivity index (χ2n) is 3.32. The fourth-order valence-electron chi connectivity index (χ4n) is 0.783. The van der Waals surface area contributed by atoms with Crippen molar-refractivity contribution in [2.24, 2.45) is 0 Å². The van der Waals surface area contributed by atoms with Gasteiger partial charge in [0.15, 0.2) is 0 Å². The predicted molar refractivity (Wildman–Crippen MR) is 60.6 cm³/mol. The minimum atomic E-state index is -1.41. The summed E-state index contributed by atoms with van der Waals surface area (Å²) >= 11 is 0. The number of hydrogen-bond acceptors (Lipinski definition) is 6. The molecule has 0 fully saturated rings. The summed E-state index contributed by atoms with van der Waals surface area (Å²) in [4.78, 5) is 30.7. The van der Waals surface area contributed by atoms with E-state index in [1.807, 2.05) is 6.92 Å². The highest BCUT2D eigenvalue weighted by Gasteiger charge is 2.07. The molecule has 0 atom stereocenters. The molecule has 0 saturated carbocycles. The lowest BCUT2D eigenvalue weighted by Crippen LogP contribution is -2.13. The molecule has 0 aliphatic heterocycles. The van der Waals surface area contributed by atoms with Crippen molar-refractivity contribution in [3.63, 3.8) is 0 Å². The van der Waals surface area contributed by atoms with Crippen LogP contribution in [0.4, 0.5) is 4.79 Å². The first-order valence-electron chi connectivity index (χ1n) is 5.55. The van der Waals surface area contributed by atoms with Gasteiger partial charge in [0.2, 0.25) is 0 Å². The van der Waals surface area contributed by atoms with E-state index >= 15 is 0 Å². The molecule has 7 heteroatoms. The molecule has 0 heterocycles. The van der Waals surface area contributed by atoms with Crippen molar-refractivity contribution in [3.05, 3.63) is 11.8 Å². The second kappa shape index (κ2) is 10.4. The van der Waals surface area contributed by atoms with E-state index in [1.54, 1.807) is 0 Å². The number of rotatable bonds is 9. The van der Waals surface area contributed by atoms with Crippen LogP contribution in [0, 0.1) is 0 Å². The average Bonchev–Trinajstić information content (AvgIpc) is 2.33. The zero-order chi connectivity index (χ0) is 13.8. The van der Waals surface area contributed by atoms with Crippen molar-refractivity contribution >= 4 is 12.1 Å². The molecule has 0 radical (unpaired) electrons. The lowest BCUT2D eigenvalue weighted by molar-refractivity contribution is -0.249. The number of hydrogen-bond donors (Lipinski definition) is 1. The second-order valence-corrected chi connectivity index (χ2v) is 3.32. The summed E-state index contributed by atoms with van der Waals surface area (Å²) in [7, 11) is 0. The van der Waals surface area contributed by atoms with E-state index in [9.17, 15) is 9.59 Å². The summed E-state index contributed by atoms with van der Waals surface area (Å²) < 4.78 is 8.86. The third-order valence-corrected chi connectivity index (χ3v) is 1.74. The predicted octanol–water partition coefficient (Wildman–Crippen LogP) is 1.88. The van der Waals surface area contributed by atoms with Crippen molar-refractivity contribution in [2.45, 2.75) is 26.7 Å². The number of ether oxygens (including phenoxy) is 2. The number of carbonyl (C=O) groups excluding carboxylic acids is 1. The van der Waals surface area contributed by atoms with Crippen LogP contribution in [0.25, 0.3) is 0 Å². The van der Waals surface area contributed by atoms with E-state index in [4.69, 9.17) is 14.7 Å². The van der Waals surface area contributed by atoms with E-state index < -0.39 is 12.1 Å². The van der Waals surface area contributed by atoms with Gasteiger partial charge < -0.3 is 19.5 Å². The third kappa shape index (κ3) is 9.46. The lowest BCUT2D eigenvalue weighted by atomic mass is 10.3. The molecule has 0 aromatic rings. The largest absolute Gasteiger partial charge is 0.505 e. The Kier molecular flexibility index (Phi) is 9.38. The highest BCUT2D eigenvalue weighted by molar-refractivity contribution is 5.87. The molecule has 0 rings (SSSR count). The Balaban J connectivity index is 3.67. The van der Waals surface area contributed by atoms with Crippen LogP contribution in [0.1, 0.15) is 26.7 Å². The van der Waals surface area contributed by atoms with Crippen molar-refractivity contribution < 1.29 is 33.9 Å². The van der Waals surface area contributed by atoms with E-state index in [-0.39, 0.29) is 18.8 Å². The van der Waals surface area contributed by atoms with Gasteiger partial charge in [-0.15, -0.1) is 0 Å². The van der Waals surface area contributed by atoms with E-state index in [0.29, 0.717) is 6.61 Å². The maximum atomic E-state index is 11.3. The van der Waals surface area contributed by atoms with Crippen LogP contribution in [0.2, 0.25) is 0 Å². The summed E-state index contributed by atoms with van der Waals surface area (Å²) in [6.07, 6.45) is 1.57. The molecule has 0 bridgehead atoms. The van der Waals surface area contributed by atoms with Crippen molar-refractivity contribution in [1.82, 2.24) is 0 Å². The molecule has 0 saturated heterocycles. The first-order chi connectivity index (χ1) is 8.57. The SMILES string of the molecule is CCCCOOC=C(C)C(=O)OCCOC(=O)O. The third-order valence-electron chi connectivity index (χ3n) is 1.74. The fourth-order valence-corrected chi connectivity index (χ4v) is 0.783. The molecular weight excluding hydrogens is 244 g/mol. The Morgan fingerprint density at radius 3 is 2.44 bits per heavy atom. The molecule has 0 aliphatic carbocycles. The van der Waals surface area contributed by atoms with Gasteiger partial charge in [-0.3, -0.25) is 0 Å². The monoisotopic (exact) mass is 262 g/mol. The standard InChI is InChI=1S/C11H18O7/c1-3-4-5-17-18-8-9(2)10(12)15-6-7-16-11(13)14/h8H,3-7H2,1-2H3,(H,13,14). The maximum absolute atomic E-state index is 11.3. The summed E-state index contributed by atoms with van der Waals surface area (Å²) in [6, 6.07) is 0. The molecule has 0 aliphatic rings. The van der Waals surface area contributed by atoms with Gasteiger partial charge in [-0.2, -0.15) is 4.89 Å². The normalized spacial score (nSPS) is 10.9. The Morgan fingerprint density at radius 2 is 1.83 bits per heavy atom. The molecule has 18 heavy (non-hydrogen) atoms. The smallest absolute Gasteiger partial charge is 0.459 e. The van der Waals surface area contributed by atoms with Crippen LogP contribution in [0.5, 0.6) is 0 Å². The number of carbonyl (C=O) groups is 2. The van der Waals surface area contributed by atoms with E-state index in [0.717, 1.165) is 19.1 Å². The molecule has 7 nitrogen and oxygen atoms in total. The average molecular weight is 262 g/mol. The van der Waals surface area contributed by atoms with Gasteiger partial charge in [0.1, 0.15) is 19.5 Å². The first-order valence-corrected chi connectivity index (χ1v) is 5.55. The molecule has 0 amide bonds. The number of esters is 1. The van der Waals surface area contributed by atoms with Gasteiger partial charge in [0.05, 0.1) is 12.2 Å². The van der Waals surface area contributed by atoms with Crippen molar-refractivity contribution in [1.29, 1.82) is 0 Å². The molecule has 0 unspecified atom stereocenters.